The molecule has 0 bridgehead atoms. The summed E-state index contributed by atoms with van der Waals surface area (Å²) in [5.41, 5.74) is 2.99. The normalized spacial score (nSPS) is 19.7. The van der Waals surface area contributed by atoms with Crippen molar-refractivity contribution < 1.29 is 9.53 Å². The first-order valence-electron chi connectivity index (χ1n) is 8.85. The van der Waals surface area contributed by atoms with Crippen LogP contribution in [0.25, 0.3) is 5.69 Å². The molecule has 0 atom stereocenters. The lowest BCUT2D eigenvalue weighted by atomic mass is 9.87. The number of imidazole rings is 1. The molecule has 1 aromatic carbocycles. The Hall–Kier alpha value is -2.40. The molecule has 0 N–H and O–H groups in total. The van der Waals surface area contributed by atoms with Gasteiger partial charge in [0.2, 0.25) is 0 Å². The molecule has 5 heteroatoms. The Bertz CT molecular complexity index is 770. The third-order valence-electron chi connectivity index (χ3n) is 5.21. The van der Waals surface area contributed by atoms with Gasteiger partial charge < -0.3 is 14.2 Å². The van der Waals surface area contributed by atoms with Crippen LogP contribution in [-0.4, -0.2) is 45.7 Å². The Morgan fingerprint density at radius 1 is 1.20 bits per heavy atom. The molecule has 1 aromatic heterocycles. The van der Waals surface area contributed by atoms with Crippen molar-refractivity contribution in [3.63, 3.8) is 0 Å². The molecule has 1 amide bonds. The van der Waals surface area contributed by atoms with Gasteiger partial charge in [0.25, 0.3) is 5.91 Å². The fourth-order valence-corrected chi connectivity index (χ4v) is 3.73. The van der Waals surface area contributed by atoms with Crippen LogP contribution in [0, 0.1) is 0 Å². The van der Waals surface area contributed by atoms with Gasteiger partial charge in [-0.1, -0.05) is 11.6 Å². The van der Waals surface area contributed by atoms with Crippen molar-refractivity contribution in [3.8, 4) is 5.69 Å². The molecule has 25 heavy (non-hydrogen) atoms. The smallest absolute Gasteiger partial charge is 0.253 e. The van der Waals surface area contributed by atoms with Crippen LogP contribution in [-0.2, 0) is 4.74 Å². The van der Waals surface area contributed by atoms with E-state index in [2.05, 4.69) is 18.0 Å². The fraction of sp³-hybridized carbons (Fsp3) is 0.400. The number of amides is 1. The molecule has 2 aliphatic rings. The molecule has 5 nitrogen and oxygen atoms in total. The van der Waals surface area contributed by atoms with Gasteiger partial charge in [-0.25, -0.2) is 4.98 Å². The minimum atomic E-state index is -0.148. The molecule has 0 unspecified atom stereocenters. The highest BCUT2D eigenvalue weighted by Crippen LogP contribution is 2.33. The zero-order valence-electron chi connectivity index (χ0n) is 14.5. The second-order valence-corrected chi connectivity index (χ2v) is 6.96. The van der Waals surface area contributed by atoms with Crippen molar-refractivity contribution in [2.45, 2.75) is 31.8 Å². The summed E-state index contributed by atoms with van der Waals surface area (Å²) in [6, 6.07) is 7.69. The number of hydrogen-bond acceptors (Lipinski definition) is 3. The number of aromatic nitrogens is 2. The molecule has 3 heterocycles. The van der Waals surface area contributed by atoms with Gasteiger partial charge in [0, 0.05) is 36.7 Å². The lowest BCUT2D eigenvalue weighted by Crippen LogP contribution is -2.48. The average Bonchev–Trinajstić information content (AvgIpc) is 3.17. The number of carbonyl (C=O) groups excluding carboxylic acids is 1. The highest BCUT2D eigenvalue weighted by atomic mass is 16.5. The van der Waals surface area contributed by atoms with Gasteiger partial charge in [-0.15, -0.1) is 0 Å². The number of ether oxygens (including phenoxy) is 1. The monoisotopic (exact) mass is 337 g/mol. The fourth-order valence-electron chi connectivity index (χ4n) is 3.73. The third-order valence-corrected chi connectivity index (χ3v) is 5.21. The van der Waals surface area contributed by atoms with Crippen LogP contribution in [0.1, 0.15) is 36.5 Å². The predicted octanol–water partition coefficient (Wildman–Crippen LogP) is 3.21. The van der Waals surface area contributed by atoms with Crippen molar-refractivity contribution in [2.24, 2.45) is 0 Å². The lowest BCUT2D eigenvalue weighted by Gasteiger charge is -2.42. The average molecular weight is 337 g/mol. The van der Waals surface area contributed by atoms with E-state index < -0.39 is 0 Å². The number of rotatable bonds is 2. The summed E-state index contributed by atoms with van der Waals surface area (Å²) in [7, 11) is 0. The Balaban J connectivity index is 1.43. The third kappa shape index (κ3) is 3.24. The number of nitrogens with zero attached hydrogens (tertiary/aromatic N) is 3. The number of piperidine rings is 1. The quantitative estimate of drug-likeness (QED) is 0.791. The van der Waals surface area contributed by atoms with Gasteiger partial charge in [0.05, 0.1) is 18.5 Å². The molecule has 0 aliphatic carbocycles. The summed E-state index contributed by atoms with van der Waals surface area (Å²) < 4.78 is 7.97. The first-order valence-corrected chi connectivity index (χ1v) is 8.85. The Morgan fingerprint density at radius 3 is 2.60 bits per heavy atom. The zero-order valence-corrected chi connectivity index (χ0v) is 14.5. The standard InChI is InChI=1S/C20H23N3O2/c1-16-6-13-25-20(14-16)7-10-22(11-8-20)19(24)17-2-4-18(5-3-17)23-12-9-21-15-23/h2-5,9,12,14-15H,6-8,10-11,13H2,1H3. The van der Waals surface area contributed by atoms with Crippen LogP contribution < -0.4 is 0 Å². The number of hydrogen-bond donors (Lipinski definition) is 0. The van der Waals surface area contributed by atoms with Gasteiger partial charge in [0.1, 0.15) is 0 Å². The van der Waals surface area contributed by atoms with Crippen LogP contribution >= 0.6 is 0 Å². The highest BCUT2D eigenvalue weighted by molar-refractivity contribution is 5.94. The highest BCUT2D eigenvalue weighted by Gasteiger charge is 2.36. The molecule has 1 saturated heterocycles. The van der Waals surface area contributed by atoms with E-state index in [9.17, 15) is 4.79 Å². The summed E-state index contributed by atoms with van der Waals surface area (Å²) in [4.78, 5) is 18.8. The molecule has 2 aromatic rings. The first-order chi connectivity index (χ1) is 12.2. The molecule has 1 spiro atoms. The molecular formula is C20H23N3O2. The van der Waals surface area contributed by atoms with Crippen LogP contribution in [0.15, 0.2) is 54.6 Å². The maximum Gasteiger partial charge on any atom is 0.253 e. The summed E-state index contributed by atoms with van der Waals surface area (Å²) >= 11 is 0. The minimum Gasteiger partial charge on any atom is -0.370 e. The molecule has 0 radical (unpaired) electrons. The van der Waals surface area contributed by atoms with Crippen molar-refractivity contribution in [2.75, 3.05) is 19.7 Å². The minimum absolute atomic E-state index is 0.101. The van der Waals surface area contributed by atoms with Crippen molar-refractivity contribution in [1.82, 2.24) is 14.5 Å². The zero-order chi connectivity index (χ0) is 17.3. The van der Waals surface area contributed by atoms with Crippen LogP contribution in [0.5, 0.6) is 0 Å². The summed E-state index contributed by atoms with van der Waals surface area (Å²) in [5, 5.41) is 0. The van der Waals surface area contributed by atoms with Crippen molar-refractivity contribution in [1.29, 1.82) is 0 Å². The summed E-state index contributed by atoms with van der Waals surface area (Å²) in [6.45, 7) is 4.45. The van der Waals surface area contributed by atoms with Gasteiger partial charge >= 0.3 is 0 Å². The molecule has 130 valence electrons. The van der Waals surface area contributed by atoms with Gasteiger partial charge in [-0.05, 0) is 50.5 Å². The first kappa shape index (κ1) is 16.1. The number of likely N-dealkylation sites (tertiary alicyclic amines) is 1. The van der Waals surface area contributed by atoms with Gasteiger partial charge in [-0.3, -0.25) is 4.79 Å². The van der Waals surface area contributed by atoms with E-state index in [1.54, 1.807) is 12.5 Å². The van der Waals surface area contributed by atoms with E-state index in [1.165, 1.54) is 5.57 Å². The predicted molar refractivity (Wildman–Crippen MR) is 95.8 cm³/mol. The Kier molecular flexibility index (Phi) is 4.17. The number of carbonyl (C=O) groups is 1. The van der Waals surface area contributed by atoms with Crippen molar-refractivity contribution >= 4 is 5.91 Å². The second-order valence-electron chi connectivity index (χ2n) is 6.96. The van der Waals surface area contributed by atoms with Gasteiger partial charge in [0.15, 0.2) is 0 Å². The van der Waals surface area contributed by atoms with Crippen LogP contribution in [0.4, 0.5) is 0 Å². The molecule has 0 saturated carbocycles. The van der Waals surface area contributed by atoms with Crippen molar-refractivity contribution in [3.05, 3.63) is 60.2 Å². The van der Waals surface area contributed by atoms with E-state index in [-0.39, 0.29) is 11.5 Å². The summed E-state index contributed by atoms with van der Waals surface area (Å²) in [5.74, 6) is 0.101. The van der Waals surface area contributed by atoms with E-state index in [0.29, 0.717) is 0 Å². The molecular weight excluding hydrogens is 314 g/mol. The molecule has 1 fully saturated rings. The van der Waals surface area contributed by atoms with E-state index >= 15 is 0 Å². The largest absolute Gasteiger partial charge is 0.370 e. The SMILES string of the molecule is CC1=CC2(CCN(C(=O)c3ccc(-n4ccnc4)cc3)CC2)OCC1. The maximum absolute atomic E-state index is 12.8. The topological polar surface area (TPSA) is 47.4 Å². The molecule has 4 rings (SSSR count). The number of benzene rings is 1. The van der Waals surface area contributed by atoms with E-state index in [4.69, 9.17) is 4.74 Å². The summed E-state index contributed by atoms with van der Waals surface area (Å²) in [6.07, 6.45) is 10.4. The van der Waals surface area contributed by atoms with E-state index in [1.807, 2.05) is 39.9 Å². The molecule has 2 aliphatic heterocycles. The second kappa shape index (κ2) is 6.48. The lowest BCUT2D eigenvalue weighted by molar-refractivity contribution is -0.0522. The van der Waals surface area contributed by atoms with Crippen LogP contribution in [0.3, 0.4) is 0 Å². The maximum atomic E-state index is 12.8. The van der Waals surface area contributed by atoms with Gasteiger partial charge in [-0.2, -0.15) is 0 Å². The van der Waals surface area contributed by atoms with Crippen LogP contribution in [0.2, 0.25) is 0 Å². The van der Waals surface area contributed by atoms with E-state index in [0.717, 1.165) is 50.2 Å². The Morgan fingerprint density at radius 2 is 1.96 bits per heavy atom. The Labute approximate surface area is 147 Å².